The molecule has 1 aliphatic heterocycles. The van der Waals surface area contributed by atoms with Gasteiger partial charge >= 0.3 is 5.97 Å². The number of hydrogen-bond donors (Lipinski definition) is 3. The van der Waals surface area contributed by atoms with Gasteiger partial charge in [-0.05, 0) is 51.8 Å². The van der Waals surface area contributed by atoms with Gasteiger partial charge in [-0.15, -0.1) is 0 Å². The van der Waals surface area contributed by atoms with E-state index in [2.05, 4.69) is 25.4 Å². The molecule has 0 bridgehead atoms. The highest BCUT2D eigenvalue weighted by Gasteiger charge is 2.48. The Labute approximate surface area is 207 Å². The van der Waals surface area contributed by atoms with Crippen LogP contribution in [0.3, 0.4) is 0 Å². The van der Waals surface area contributed by atoms with Crippen LogP contribution in [0, 0.1) is 24.0 Å². The van der Waals surface area contributed by atoms with Crippen molar-refractivity contribution in [3.05, 3.63) is 70.0 Å². The van der Waals surface area contributed by atoms with E-state index in [1.807, 2.05) is 20.8 Å². The van der Waals surface area contributed by atoms with Gasteiger partial charge in [-0.3, -0.25) is 14.8 Å². The van der Waals surface area contributed by atoms with Crippen LogP contribution in [0.5, 0.6) is 0 Å². The molecule has 4 rings (SSSR count). The van der Waals surface area contributed by atoms with E-state index in [0.717, 1.165) is 5.69 Å². The number of carboxylic acid groups (broad SMARTS) is 1. The molecule has 2 atom stereocenters. The monoisotopic (exact) mass is 503 g/mol. The second-order valence-electron chi connectivity index (χ2n) is 9.44. The van der Waals surface area contributed by atoms with E-state index < -0.39 is 23.0 Å². The van der Waals surface area contributed by atoms with Crippen LogP contribution < -0.4 is 5.32 Å². The summed E-state index contributed by atoms with van der Waals surface area (Å²) in [5, 5.41) is 20.2. The molecule has 0 radical (unpaired) electrons. The van der Waals surface area contributed by atoms with Crippen molar-refractivity contribution in [3.8, 4) is 0 Å². The fourth-order valence-electron chi connectivity index (χ4n) is 5.07. The Balaban J connectivity index is 1.56. The Morgan fingerprint density at radius 3 is 2.57 bits per heavy atom. The number of likely N-dealkylation sites (tertiary alicyclic amines) is 1. The number of aryl methyl sites for hydroxylation is 1. The van der Waals surface area contributed by atoms with Gasteiger partial charge in [0, 0.05) is 42.4 Å². The highest BCUT2D eigenvalue weighted by atomic mass is 35.5. The first kappa shape index (κ1) is 25.1. The first-order chi connectivity index (χ1) is 16.6. The number of H-pyrrole nitrogens is 1. The smallest absolute Gasteiger partial charge is 0.310 e. The Morgan fingerprint density at radius 2 is 1.94 bits per heavy atom. The van der Waals surface area contributed by atoms with E-state index in [1.165, 1.54) is 18.2 Å². The van der Waals surface area contributed by atoms with Crippen LogP contribution in [-0.4, -0.2) is 43.2 Å². The average molecular weight is 504 g/mol. The van der Waals surface area contributed by atoms with E-state index >= 15 is 0 Å². The summed E-state index contributed by atoms with van der Waals surface area (Å²) in [7, 11) is 0. The number of hydrogen-bond acceptors (Lipinski definition) is 5. The summed E-state index contributed by atoms with van der Waals surface area (Å²) >= 11 is 5.94. The molecule has 3 N–H and O–H groups in total. The van der Waals surface area contributed by atoms with Crippen LogP contribution >= 0.6 is 11.6 Å². The molecule has 0 saturated carbocycles. The molecule has 0 aliphatic carbocycles. The zero-order valence-electron chi connectivity index (χ0n) is 19.8. The molecule has 3 aromatic rings. The number of anilines is 2. The Hall–Kier alpha value is -3.04. The molecule has 1 saturated heterocycles. The standard InChI is InChI=1S/C25H28ClF2N5O2/c1-14-9-22(32-31-14)30-21-8-7-19(27)20(29-21)12-25(24(34)35)10-15(2)33(16(3)11-25)13-17-5-4-6-18(26)23(17)28/h4-9,15-16H,10-13H2,1-3H3,(H,34,35)(H2,29,30,31,32). The lowest BCUT2D eigenvalue weighted by Gasteiger charge is -2.47. The zero-order valence-corrected chi connectivity index (χ0v) is 20.5. The maximum absolute atomic E-state index is 14.8. The minimum Gasteiger partial charge on any atom is -0.481 e. The highest BCUT2D eigenvalue weighted by Crippen LogP contribution is 2.42. The molecule has 2 unspecified atom stereocenters. The second kappa shape index (κ2) is 9.91. The first-order valence-corrected chi connectivity index (χ1v) is 11.8. The number of aromatic nitrogens is 3. The number of piperidine rings is 1. The molecule has 3 heterocycles. The van der Waals surface area contributed by atoms with Crippen molar-refractivity contribution < 1.29 is 18.7 Å². The van der Waals surface area contributed by atoms with E-state index in [0.29, 0.717) is 23.7 Å². The highest BCUT2D eigenvalue weighted by molar-refractivity contribution is 6.30. The summed E-state index contributed by atoms with van der Waals surface area (Å²) in [5.41, 5.74) is 0.182. The summed E-state index contributed by atoms with van der Waals surface area (Å²) in [5.74, 6) is -1.11. The van der Waals surface area contributed by atoms with E-state index in [4.69, 9.17) is 11.6 Å². The lowest BCUT2D eigenvalue weighted by Crippen LogP contribution is -2.54. The van der Waals surface area contributed by atoms with Gasteiger partial charge in [0.25, 0.3) is 0 Å². The number of aliphatic carboxylic acids is 1. The SMILES string of the molecule is Cc1cc(Nc2ccc(F)c(CC3(C(=O)O)CC(C)N(Cc4cccc(Cl)c4F)C(C)C3)n2)n[nH]1. The average Bonchev–Trinajstić information content (AvgIpc) is 3.20. The summed E-state index contributed by atoms with van der Waals surface area (Å²) in [6.07, 6.45) is 0.482. The molecule has 1 aliphatic rings. The summed E-state index contributed by atoms with van der Waals surface area (Å²) in [6.45, 7) is 5.99. The minimum absolute atomic E-state index is 0.0553. The fourth-order valence-corrected chi connectivity index (χ4v) is 5.26. The molecule has 35 heavy (non-hydrogen) atoms. The summed E-state index contributed by atoms with van der Waals surface area (Å²) in [4.78, 5) is 19.0. The molecule has 0 amide bonds. The number of nitrogens with zero attached hydrogens (tertiary/aromatic N) is 3. The van der Waals surface area contributed by atoms with Crippen molar-refractivity contribution in [3.63, 3.8) is 0 Å². The van der Waals surface area contributed by atoms with Gasteiger partial charge in [0.15, 0.2) is 5.82 Å². The quantitative estimate of drug-likeness (QED) is 0.395. The largest absolute Gasteiger partial charge is 0.481 e. The van der Waals surface area contributed by atoms with Crippen molar-refractivity contribution >= 4 is 29.2 Å². The Morgan fingerprint density at radius 1 is 1.23 bits per heavy atom. The summed E-state index contributed by atoms with van der Waals surface area (Å²) < 4.78 is 29.3. The van der Waals surface area contributed by atoms with E-state index in [-0.39, 0.29) is 42.1 Å². The van der Waals surface area contributed by atoms with Gasteiger partial charge in [-0.25, -0.2) is 13.8 Å². The molecule has 1 aromatic carbocycles. The number of benzene rings is 1. The van der Waals surface area contributed by atoms with Crippen LogP contribution in [0.4, 0.5) is 20.4 Å². The third-order valence-electron chi connectivity index (χ3n) is 6.73. The lowest BCUT2D eigenvalue weighted by atomic mass is 9.69. The maximum Gasteiger partial charge on any atom is 0.310 e. The number of carbonyl (C=O) groups is 1. The van der Waals surface area contributed by atoms with E-state index in [1.54, 1.807) is 18.2 Å². The number of halogens is 3. The number of nitrogens with one attached hydrogen (secondary N) is 2. The van der Waals surface area contributed by atoms with Crippen LogP contribution in [0.1, 0.15) is 43.6 Å². The number of aromatic amines is 1. The number of rotatable bonds is 7. The van der Waals surface area contributed by atoms with Crippen LogP contribution in [-0.2, 0) is 17.8 Å². The Bertz CT molecular complexity index is 1220. The Kier molecular flexibility index (Phi) is 7.10. The predicted octanol–water partition coefficient (Wildman–Crippen LogP) is 5.47. The van der Waals surface area contributed by atoms with E-state index in [9.17, 15) is 18.7 Å². The van der Waals surface area contributed by atoms with Crippen molar-refractivity contribution in [2.75, 3.05) is 5.32 Å². The first-order valence-electron chi connectivity index (χ1n) is 11.4. The zero-order chi connectivity index (χ0) is 25.3. The molecule has 10 heteroatoms. The predicted molar refractivity (Wildman–Crippen MR) is 130 cm³/mol. The number of pyridine rings is 1. The maximum atomic E-state index is 14.8. The summed E-state index contributed by atoms with van der Waals surface area (Å²) in [6, 6.07) is 9.05. The molecule has 0 spiro atoms. The third kappa shape index (κ3) is 5.31. The van der Waals surface area contributed by atoms with Crippen LogP contribution in [0.2, 0.25) is 5.02 Å². The van der Waals surface area contributed by atoms with Gasteiger partial charge in [-0.2, -0.15) is 5.10 Å². The minimum atomic E-state index is -1.21. The topological polar surface area (TPSA) is 94.1 Å². The van der Waals surface area contributed by atoms with Gasteiger partial charge in [0.05, 0.1) is 16.1 Å². The fraction of sp³-hybridized carbons (Fsp3) is 0.400. The normalized spacial score (nSPS) is 22.8. The molecule has 1 fully saturated rings. The van der Waals surface area contributed by atoms with Gasteiger partial charge < -0.3 is 10.4 Å². The van der Waals surface area contributed by atoms with Crippen LogP contribution in [0.15, 0.2) is 36.4 Å². The van der Waals surface area contributed by atoms with Crippen LogP contribution in [0.25, 0.3) is 0 Å². The second-order valence-corrected chi connectivity index (χ2v) is 9.85. The van der Waals surface area contributed by atoms with Crippen molar-refractivity contribution in [2.45, 2.75) is 58.7 Å². The number of carboxylic acids is 1. The third-order valence-corrected chi connectivity index (χ3v) is 7.02. The van der Waals surface area contributed by atoms with Crippen molar-refractivity contribution in [1.29, 1.82) is 0 Å². The van der Waals surface area contributed by atoms with Gasteiger partial charge in [-0.1, -0.05) is 23.7 Å². The lowest BCUT2D eigenvalue weighted by molar-refractivity contribution is -0.155. The van der Waals surface area contributed by atoms with Crippen molar-refractivity contribution in [1.82, 2.24) is 20.1 Å². The van der Waals surface area contributed by atoms with Gasteiger partial charge in [0.1, 0.15) is 17.5 Å². The van der Waals surface area contributed by atoms with Crippen molar-refractivity contribution in [2.24, 2.45) is 5.41 Å². The molecule has 186 valence electrons. The van der Waals surface area contributed by atoms with Gasteiger partial charge in [0.2, 0.25) is 0 Å². The molecule has 2 aromatic heterocycles. The molecular weight excluding hydrogens is 476 g/mol. The molecule has 7 nitrogen and oxygen atoms in total. The molecular formula is C25H28ClF2N5O2.